The van der Waals surface area contributed by atoms with E-state index in [-0.39, 0.29) is 0 Å². The van der Waals surface area contributed by atoms with Gasteiger partial charge in [0, 0.05) is 4.47 Å². The van der Waals surface area contributed by atoms with Gasteiger partial charge in [0.15, 0.2) is 0 Å². The Morgan fingerprint density at radius 1 is 1.32 bits per heavy atom. The van der Waals surface area contributed by atoms with E-state index >= 15 is 0 Å². The van der Waals surface area contributed by atoms with Gasteiger partial charge in [-0.05, 0) is 56.7 Å². The number of allylic oxidation sites excluding steroid dienone is 1. The number of hydrogen-bond acceptors (Lipinski definition) is 1. The molecule has 1 aromatic carbocycles. The Morgan fingerprint density at radius 3 is 2.84 bits per heavy atom. The van der Waals surface area contributed by atoms with Crippen molar-refractivity contribution in [2.75, 3.05) is 6.54 Å². The highest BCUT2D eigenvalue weighted by molar-refractivity contribution is 9.10. The zero-order valence-corrected chi connectivity index (χ0v) is 13.6. The summed E-state index contributed by atoms with van der Waals surface area (Å²) in [5.74, 6) is 0. The average Bonchev–Trinajstić information content (AvgIpc) is 2.45. The van der Waals surface area contributed by atoms with Gasteiger partial charge < -0.3 is 5.32 Å². The average molecular weight is 322 g/mol. The zero-order chi connectivity index (χ0) is 13.7. The number of halogens is 1. The molecule has 0 amide bonds. The van der Waals surface area contributed by atoms with E-state index in [1.807, 2.05) is 0 Å². The van der Waals surface area contributed by atoms with Crippen LogP contribution in [0.3, 0.4) is 0 Å². The summed E-state index contributed by atoms with van der Waals surface area (Å²) < 4.78 is 1.26. The highest BCUT2D eigenvalue weighted by atomic mass is 79.9. The third-order valence-corrected chi connectivity index (χ3v) is 4.91. The highest BCUT2D eigenvalue weighted by Crippen LogP contribution is 2.34. The molecule has 1 aromatic rings. The van der Waals surface area contributed by atoms with Crippen LogP contribution in [0.15, 0.2) is 34.3 Å². The predicted octanol–water partition coefficient (Wildman–Crippen LogP) is 5.30. The third kappa shape index (κ3) is 3.70. The Labute approximate surface area is 125 Å². The molecular formula is C17H24BrN. The summed E-state index contributed by atoms with van der Waals surface area (Å²) in [7, 11) is 0. The smallest absolute Gasteiger partial charge is 0.0547 e. The Morgan fingerprint density at radius 2 is 2.16 bits per heavy atom. The van der Waals surface area contributed by atoms with Gasteiger partial charge in [0.2, 0.25) is 0 Å². The van der Waals surface area contributed by atoms with E-state index in [1.54, 1.807) is 5.57 Å². The molecule has 1 aliphatic rings. The summed E-state index contributed by atoms with van der Waals surface area (Å²) in [6.45, 7) is 5.46. The number of nitrogens with one attached hydrogen (secondary N) is 1. The molecule has 19 heavy (non-hydrogen) atoms. The van der Waals surface area contributed by atoms with E-state index in [9.17, 15) is 0 Å². The van der Waals surface area contributed by atoms with Crippen LogP contribution in [-0.4, -0.2) is 6.54 Å². The van der Waals surface area contributed by atoms with Gasteiger partial charge in [0.05, 0.1) is 6.04 Å². The number of aryl methyl sites for hydroxylation is 1. The molecule has 1 unspecified atom stereocenters. The predicted molar refractivity (Wildman–Crippen MR) is 86.5 cm³/mol. The molecule has 0 spiro atoms. The topological polar surface area (TPSA) is 12.0 Å². The molecule has 1 aliphatic carbocycles. The fourth-order valence-electron chi connectivity index (χ4n) is 2.75. The summed E-state index contributed by atoms with van der Waals surface area (Å²) in [6.07, 6.45) is 8.78. The van der Waals surface area contributed by atoms with Crippen molar-refractivity contribution in [2.45, 2.75) is 52.0 Å². The zero-order valence-electron chi connectivity index (χ0n) is 12.0. The lowest BCUT2D eigenvalue weighted by molar-refractivity contribution is 0.545. The first-order chi connectivity index (χ1) is 9.24. The van der Waals surface area contributed by atoms with Gasteiger partial charge in [-0.25, -0.2) is 0 Å². The molecule has 1 N–H and O–H groups in total. The normalized spacial score (nSPS) is 17.1. The van der Waals surface area contributed by atoms with Gasteiger partial charge >= 0.3 is 0 Å². The molecule has 104 valence electrons. The minimum absolute atomic E-state index is 0.384. The molecular weight excluding hydrogens is 298 g/mol. The van der Waals surface area contributed by atoms with Crippen LogP contribution in [0.5, 0.6) is 0 Å². The van der Waals surface area contributed by atoms with E-state index < -0.39 is 0 Å². The lowest BCUT2D eigenvalue weighted by atomic mass is 9.89. The largest absolute Gasteiger partial charge is 0.306 e. The molecule has 1 atom stereocenters. The summed E-state index contributed by atoms with van der Waals surface area (Å²) >= 11 is 3.77. The molecule has 0 aliphatic heterocycles. The summed E-state index contributed by atoms with van der Waals surface area (Å²) in [5.41, 5.74) is 4.28. The lowest BCUT2D eigenvalue weighted by Crippen LogP contribution is -2.25. The fourth-order valence-corrected chi connectivity index (χ4v) is 3.24. The Hall–Kier alpha value is -0.600. The van der Waals surface area contributed by atoms with Crippen LogP contribution in [-0.2, 0) is 0 Å². The Balaban J connectivity index is 2.30. The molecule has 0 heterocycles. The van der Waals surface area contributed by atoms with E-state index in [0.717, 1.165) is 6.54 Å². The second-order valence-corrected chi connectivity index (χ2v) is 6.18. The fraction of sp³-hybridized carbons (Fsp3) is 0.529. The maximum atomic E-state index is 3.77. The first-order valence-corrected chi connectivity index (χ1v) is 8.20. The molecule has 2 rings (SSSR count). The van der Waals surface area contributed by atoms with Crippen LogP contribution in [0.25, 0.3) is 0 Å². The summed E-state index contributed by atoms with van der Waals surface area (Å²) in [5, 5.41) is 3.73. The SMILES string of the molecule is CCCNC(C1=CCCCC1)c1cccc(C)c1Br. The molecule has 0 bridgehead atoms. The standard InChI is InChI=1S/C17H24BrN/c1-3-12-19-17(14-9-5-4-6-10-14)15-11-7-8-13(2)16(15)18/h7-9,11,17,19H,3-6,10,12H2,1-2H3. The highest BCUT2D eigenvalue weighted by Gasteiger charge is 2.20. The third-order valence-electron chi connectivity index (χ3n) is 3.83. The molecule has 0 aromatic heterocycles. The first kappa shape index (κ1) is 14.8. The quantitative estimate of drug-likeness (QED) is 0.726. The van der Waals surface area contributed by atoms with Crippen molar-refractivity contribution in [2.24, 2.45) is 0 Å². The van der Waals surface area contributed by atoms with E-state index in [2.05, 4.69) is 59.4 Å². The van der Waals surface area contributed by atoms with E-state index in [1.165, 1.54) is 47.7 Å². The maximum Gasteiger partial charge on any atom is 0.0547 e. The van der Waals surface area contributed by atoms with Crippen molar-refractivity contribution in [1.82, 2.24) is 5.32 Å². The Kier molecular flexibility index (Phi) is 5.65. The molecule has 2 heteroatoms. The molecule has 0 fully saturated rings. The van der Waals surface area contributed by atoms with Crippen LogP contribution in [0.4, 0.5) is 0 Å². The summed E-state index contributed by atoms with van der Waals surface area (Å²) in [4.78, 5) is 0. The maximum absolute atomic E-state index is 3.77. The van der Waals surface area contributed by atoms with Crippen LogP contribution in [0.2, 0.25) is 0 Å². The second-order valence-electron chi connectivity index (χ2n) is 5.39. The van der Waals surface area contributed by atoms with Gasteiger partial charge in [0.1, 0.15) is 0 Å². The molecule has 0 saturated carbocycles. The van der Waals surface area contributed by atoms with Crippen LogP contribution >= 0.6 is 15.9 Å². The van der Waals surface area contributed by atoms with Gasteiger partial charge in [-0.1, -0.05) is 52.7 Å². The van der Waals surface area contributed by atoms with Crippen molar-refractivity contribution in [3.8, 4) is 0 Å². The van der Waals surface area contributed by atoms with Crippen LogP contribution in [0, 0.1) is 6.92 Å². The molecule has 0 saturated heterocycles. The van der Waals surface area contributed by atoms with Gasteiger partial charge in [-0.3, -0.25) is 0 Å². The monoisotopic (exact) mass is 321 g/mol. The van der Waals surface area contributed by atoms with Crippen molar-refractivity contribution < 1.29 is 0 Å². The van der Waals surface area contributed by atoms with Gasteiger partial charge in [-0.2, -0.15) is 0 Å². The van der Waals surface area contributed by atoms with Crippen LogP contribution in [0.1, 0.15) is 56.2 Å². The minimum atomic E-state index is 0.384. The van der Waals surface area contributed by atoms with Crippen molar-refractivity contribution >= 4 is 15.9 Å². The number of hydrogen-bond donors (Lipinski definition) is 1. The van der Waals surface area contributed by atoms with E-state index in [0.29, 0.717) is 6.04 Å². The second kappa shape index (κ2) is 7.25. The minimum Gasteiger partial charge on any atom is -0.306 e. The van der Waals surface area contributed by atoms with Crippen LogP contribution < -0.4 is 5.32 Å². The van der Waals surface area contributed by atoms with Gasteiger partial charge in [-0.15, -0.1) is 0 Å². The van der Waals surface area contributed by atoms with Crippen molar-refractivity contribution in [3.05, 3.63) is 45.4 Å². The van der Waals surface area contributed by atoms with Crippen molar-refractivity contribution in [3.63, 3.8) is 0 Å². The number of rotatable bonds is 5. The first-order valence-electron chi connectivity index (χ1n) is 7.41. The molecule has 1 nitrogen and oxygen atoms in total. The van der Waals surface area contributed by atoms with Crippen molar-refractivity contribution in [1.29, 1.82) is 0 Å². The Bertz CT molecular complexity index is 451. The van der Waals surface area contributed by atoms with Gasteiger partial charge in [0.25, 0.3) is 0 Å². The number of benzene rings is 1. The molecule has 0 radical (unpaired) electrons. The van der Waals surface area contributed by atoms with E-state index in [4.69, 9.17) is 0 Å². The summed E-state index contributed by atoms with van der Waals surface area (Å²) in [6, 6.07) is 6.97. The lowest BCUT2D eigenvalue weighted by Gasteiger charge is -2.26.